The predicted octanol–water partition coefficient (Wildman–Crippen LogP) is 3.93. The van der Waals surface area contributed by atoms with E-state index in [2.05, 4.69) is 15.9 Å². The summed E-state index contributed by atoms with van der Waals surface area (Å²) >= 11 is 3.45. The quantitative estimate of drug-likeness (QED) is 0.893. The predicted molar refractivity (Wildman–Crippen MR) is 70.3 cm³/mol. The fourth-order valence-electron chi connectivity index (χ4n) is 2.79. The van der Waals surface area contributed by atoms with E-state index >= 15 is 0 Å². The maximum atomic E-state index is 13.2. The van der Waals surface area contributed by atoms with Crippen LogP contribution in [0.1, 0.15) is 31.2 Å². The molecule has 2 rings (SSSR count). The molecule has 0 saturated heterocycles. The molecule has 0 heterocycles. The third-order valence-corrected chi connectivity index (χ3v) is 4.56. The van der Waals surface area contributed by atoms with E-state index in [-0.39, 0.29) is 18.3 Å². The Morgan fingerprint density at radius 3 is 2.71 bits per heavy atom. The van der Waals surface area contributed by atoms with Crippen LogP contribution in [-0.4, -0.2) is 11.7 Å². The van der Waals surface area contributed by atoms with Gasteiger partial charge in [0.1, 0.15) is 5.82 Å². The molecule has 1 aliphatic rings. The summed E-state index contributed by atoms with van der Waals surface area (Å²) in [7, 11) is 0. The van der Waals surface area contributed by atoms with E-state index in [1.165, 1.54) is 31.7 Å². The Hall–Kier alpha value is -0.410. The maximum absolute atomic E-state index is 13.2. The Morgan fingerprint density at radius 2 is 2.06 bits per heavy atom. The standard InChI is InChI=1S/C14H18BrFO/c15-14-6-5-13(16)8-11(14)7-12(9-17)10-3-1-2-4-10/h5-6,8,10,12,17H,1-4,7,9H2. The molecule has 17 heavy (non-hydrogen) atoms. The van der Waals surface area contributed by atoms with Crippen molar-refractivity contribution in [2.45, 2.75) is 32.1 Å². The zero-order valence-corrected chi connectivity index (χ0v) is 11.4. The van der Waals surface area contributed by atoms with Crippen LogP contribution in [-0.2, 0) is 6.42 Å². The van der Waals surface area contributed by atoms with E-state index in [0.29, 0.717) is 5.92 Å². The molecule has 1 unspecified atom stereocenters. The number of rotatable bonds is 4. The normalized spacial score (nSPS) is 18.5. The van der Waals surface area contributed by atoms with Gasteiger partial charge in [0.15, 0.2) is 0 Å². The third-order valence-electron chi connectivity index (χ3n) is 3.79. The molecular formula is C14H18BrFO. The molecule has 0 spiro atoms. The molecule has 1 aromatic rings. The molecule has 1 aliphatic carbocycles. The first-order valence-electron chi connectivity index (χ1n) is 6.25. The van der Waals surface area contributed by atoms with Crippen molar-refractivity contribution < 1.29 is 9.50 Å². The Kier molecular flexibility index (Phi) is 4.57. The van der Waals surface area contributed by atoms with Gasteiger partial charge in [-0.25, -0.2) is 4.39 Å². The monoisotopic (exact) mass is 300 g/mol. The molecule has 1 atom stereocenters. The van der Waals surface area contributed by atoms with Gasteiger partial charge in [0.25, 0.3) is 0 Å². The third kappa shape index (κ3) is 3.29. The molecule has 94 valence electrons. The SMILES string of the molecule is OCC(Cc1cc(F)ccc1Br)C1CCCC1. The van der Waals surface area contributed by atoms with Crippen molar-refractivity contribution in [3.8, 4) is 0 Å². The van der Waals surface area contributed by atoms with Crippen LogP contribution in [0.2, 0.25) is 0 Å². The van der Waals surface area contributed by atoms with Crippen LogP contribution in [0, 0.1) is 17.7 Å². The number of aliphatic hydroxyl groups excluding tert-OH is 1. The molecular weight excluding hydrogens is 283 g/mol. The van der Waals surface area contributed by atoms with Gasteiger partial charge in [0.2, 0.25) is 0 Å². The Bertz CT molecular complexity index is 374. The van der Waals surface area contributed by atoms with Gasteiger partial charge >= 0.3 is 0 Å². The summed E-state index contributed by atoms with van der Waals surface area (Å²) in [6.45, 7) is 0.202. The molecule has 1 N–H and O–H groups in total. The van der Waals surface area contributed by atoms with E-state index in [0.717, 1.165) is 16.5 Å². The lowest BCUT2D eigenvalue weighted by atomic mass is 9.86. The van der Waals surface area contributed by atoms with Crippen molar-refractivity contribution in [1.29, 1.82) is 0 Å². The van der Waals surface area contributed by atoms with Crippen LogP contribution in [0.15, 0.2) is 22.7 Å². The number of halogens is 2. The second-order valence-electron chi connectivity index (χ2n) is 4.93. The number of hydrogen-bond acceptors (Lipinski definition) is 1. The number of benzene rings is 1. The molecule has 1 fully saturated rings. The molecule has 0 amide bonds. The first kappa shape index (κ1) is 13.0. The molecule has 0 radical (unpaired) electrons. The summed E-state index contributed by atoms with van der Waals surface area (Å²) in [6, 6.07) is 4.77. The van der Waals surface area contributed by atoms with Crippen LogP contribution in [0.4, 0.5) is 4.39 Å². The van der Waals surface area contributed by atoms with E-state index in [1.807, 2.05) is 0 Å². The van der Waals surface area contributed by atoms with Crippen molar-refractivity contribution in [1.82, 2.24) is 0 Å². The molecule has 0 bridgehead atoms. The molecule has 1 nitrogen and oxygen atoms in total. The van der Waals surface area contributed by atoms with Gasteiger partial charge in [-0.1, -0.05) is 41.6 Å². The van der Waals surface area contributed by atoms with Crippen LogP contribution >= 0.6 is 15.9 Å². The lowest BCUT2D eigenvalue weighted by molar-refractivity contribution is 0.175. The first-order chi connectivity index (χ1) is 8.20. The topological polar surface area (TPSA) is 20.2 Å². The zero-order valence-electron chi connectivity index (χ0n) is 9.83. The minimum Gasteiger partial charge on any atom is -0.396 e. The van der Waals surface area contributed by atoms with E-state index in [9.17, 15) is 9.50 Å². The Labute approximate surface area is 110 Å². The molecule has 0 aliphatic heterocycles. The van der Waals surface area contributed by atoms with E-state index in [4.69, 9.17) is 0 Å². The second-order valence-corrected chi connectivity index (χ2v) is 5.78. The summed E-state index contributed by atoms with van der Waals surface area (Å²) in [4.78, 5) is 0. The molecule has 1 aromatic carbocycles. The van der Waals surface area contributed by atoms with Gasteiger partial charge in [0, 0.05) is 11.1 Å². The average molecular weight is 301 g/mol. The molecule has 3 heteroatoms. The highest BCUT2D eigenvalue weighted by Gasteiger charge is 2.25. The van der Waals surface area contributed by atoms with Crippen molar-refractivity contribution in [3.05, 3.63) is 34.1 Å². The zero-order chi connectivity index (χ0) is 12.3. The van der Waals surface area contributed by atoms with Crippen molar-refractivity contribution in [2.75, 3.05) is 6.61 Å². The maximum Gasteiger partial charge on any atom is 0.123 e. The molecule has 1 saturated carbocycles. The van der Waals surface area contributed by atoms with Crippen LogP contribution in [0.5, 0.6) is 0 Å². The summed E-state index contributed by atoms with van der Waals surface area (Å²) in [5, 5.41) is 9.50. The van der Waals surface area contributed by atoms with Crippen LogP contribution in [0.25, 0.3) is 0 Å². The number of aliphatic hydroxyl groups is 1. The fraction of sp³-hybridized carbons (Fsp3) is 0.571. The van der Waals surface area contributed by atoms with Crippen molar-refractivity contribution in [2.24, 2.45) is 11.8 Å². The lowest BCUT2D eigenvalue weighted by Gasteiger charge is -2.21. The first-order valence-corrected chi connectivity index (χ1v) is 7.05. The highest BCUT2D eigenvalue weighted by Crippen LogP contribution is 2.34. The minimum absolute atomic E-state index is 0.202. The van der Waals surface area contributed by atoms with Gasteiger partial charge < -0.3 is 5.11 Å². The Morgan fingerprint density at radius 1 is 1.35 bits per heavy atom. The van der Waals surface area contributed by atoms with E-state index < -0.39 is 0 Å². The molecule has 0 aromatic heterocycles. The highest BCUT2D eigenvalue weighted by atomic mass is 79.9. The van der Waals surface area contributed by atoms with Crippen molar-refractivity contribution in [3.63, 3.8) is 0 Å². The lowest BCUT2D eigenvalue weighted by Crippen LogP contribution is -2.19. The summed E-state index contributed by atoms with van der Waals surface area (Å²) in [6.07, 6.45) is 5.72. The van der Waals surface area contributed by atoms with Crippen LogP contribution < -0.4 is 0 Å². The summed E-state index contributed by atoms with van der Waals surface area (Å²) < 4.78 is 14.1. The summed E-state index contributed by atoms with van der Waals surface area (Å²) in [5.41, 5.74) is 0.968. The largest absolute Gasteiger partial charge is 0.396 e. The Balaban J connectivity index is 2.09. The van der Waals surface area contributed by atoms with Gasteiger partial charge in [-0.2, -0.15) is 0 Å². The van der Waals surface area contributed by atoms with Crippen molar-refractivity contribution >= 4 is 15.9 Å². The van der Waals surface area contributed by atoms with E-state index in [1.54, 1.807) is 12.1 Å². The second kappa shape index (κ2) is 5.96. The highest BCUT2D eigenvalue weighted by molar-refractivity contribution is 9.10. The average Bonchev–Trinajstić information content (AvgIpc) is 2.84. The minimum atomic E-state index is -0.202. The van der Waals surface area contributed by atoms with Crippen LogP contribution in [0.3, 0.4) is 0 Å². The van der Waals surface area contributed by atoms with Gasteiger partial charge in [-0.05, 0) is 42.0 Å². The fourth-order valence-corrected chi connectivity index (χ4v) is 3.20. The van der Waals surface area contributed by atoms with Gasteiger partial charge in [-0.15, -0.1) is 0 Å². The smallest absolute Gasteiger partial charge is 0.123 e. The van der Waals surface area contributed by atoms with Gasteiger partial charge in [0.05, 0.1) is 0 Å². The number of hydrogen-bond donors (Lipinski definition) is 1. The van der Waals surface area contributed by atoms with Gasteiger partial charge in [-0.3, -0.25) is 0 Å². The summed E-state index contributed by atoms with van der Waals surface area (Å²) in [5.74, 6) is 0.678.